The molecular weight excluding hydrogens is 310 g/mol. The van der Waals surface area contributed by atoms with Crippen molar-refractivity contribution >= 4 is 5.82 Å². The van der Waals surface area contributed by atoms with Crippen LogP contribution in [0.4, 0.5) is 5.82 Å². The summed E-state index contributed by atoms with van der Waals surface area (Å²) in [6.45, 7) is 15.1. The van der Waals surface area contributed by atoms with Gasteiger partial charge in [-0.1, -0.05) is 19.9 Å². The summed E-state index contributed by atoms with van der Waals surface area (Å²) in [5.74, 6) is 1.96. The summed E-state index contributed by atoms with van der Waals surface area (Å²) in [5.41, 5.74) is 0. The Kier molecular flexibility index (Phi) is 7.08. The van der Waals surface area contributed by atoms with Gasteiger partial charge in [-0.05, 0) is 38.1 Å². The van der Waals surface area contributed by atoms with Gasteiger partial charge in [-0.3, -0.25) is 4.90 Å². The molecule has 3 aliphatic heterocycles. The normalized spacial score (nSPS) is 23.7. The molecule has 4 rings (SSSR count). The first-order valence-corrected chi connectivity index (χ1v) is 10.2. The topological polar surface area (TPSA) is 34.6 Å². The van der Waals surface area contributed by atoms with Crippen LogP contribution in [0.1, 0.15) is 26.7 Å². The molecule has 25 heavy (non-hydrogen) atoms. The molecule has 0 radical (unpaired) electrons. The number of rotatable bonds is 4. The number of pyridine rings is 1. The van der Waals surface area contributed by atoms with Crippen LogP contribution in [-0.2, 0) is 0 Å². The Balaban J connectivity index is 0.000000880. The third kappa shape index (κ3) is 4.93. The molecular formula is C20H35N5. The third-order valence-corrected chi connectivity index (χ3v) is 5.68. The van der Waals surface area contributed by atoms with Crippen LogP contribution in [0.2, 0.25) is 0 Å². The lowest BCUT2D eigenvalue weighted by Gasteiger charge is -2.45. The number of nitrogens with zero attached hydrogens (tertiary/aromatic N) is 4. The van der Waals surface area contributed by atoms with Crippen LogP contribution in [0.3, 0.4) is 0 Å². The molecule has 1 N–H and O–H groups in total. The zero-order valence-corrected chi connectivity index (χ0v) is 16.0. The summed E-state index contributed by atoms with van der Waals surface area (Å²) in [7, 11) is 0. The number of hydrogen-bond acceptors (Lipinski definition) is 5. The van der Waals surface area contributed by atoms with Gasteiger partial charge in [-0.25, -0.2) is 4.98 Å². The van der Waals surface area contributed by atoms with Crippen molar-refractivity contribution in [1.29, 1.82) is 0 Å². The zero-order valence-electron chi connectivity index (χ0n) is 16.0. The highest BCUT2D eigenvalue weighted by molar-refractivity contribution is 5.40. The van der Waals surface area contributed by atoms with E-state index in [0.717, 1.165) is 17.8 Å². The van der Waals surface area contributed by atoms with Gasteiger partial charge in [-0.2, -0.15) is 0 Å². The minimum Gasteiger partial charge on any atom is -0.356 e. The Morgan fingerprint density at radius 2 is 1.76 bits per heavy atom. The number of piperidine rings is 1. The van der Waals surface area contributed by atoms with E-state index in [1.165, 1.54) is 71.7 Å². The highest BCUT2D eigenvalue weighted by Crippen LogP contribution is 2.23. The van der Waals surface area contributed by atoms with Crippen LogP contribution >= 0.6 is 0 Å². The molecule has 3 fully saturated rings. The average Bonchev–Trinajstić information content (AvgIpc) is 2.68. The minimum atomic E-state index is 0.822. The van der Waals surface area contributed by atoms with E-state index in [2.05, 4.69) is 37.1 Å². The quantitative estimate of drug-likeness (QED) is 0.902. The first-order chi connectivity index (χ1) is 12.4. The van der Waals surface area contributed by atoms with Gasteiger partial charge in [0, 0.05) is 64.0 Å². The van der Waals surface area contributed by atoms with Gasteiger partial charge in [0.15, 0.2) is 0 Å². The van der Waals surface area contributed by atoms with Gasteiger partial charge in [-0.15, -0.1) is 0 Å². The van der Waals surface area contributed by atoms with E-state index in [1.807, 2.05) is 26.1 Å². The lowest BCUT2D eigenvalue weighted by Crippen LogP contribution is -2.57. The van der Waals surface area contributed by atoms with E-state index in [1.54, 1.807) is 0 Å². The Hall–Kier alpha value is -1.17. The molecule has 1 aromatic rings. The molecule has 0 saturated carbocycles. The van der Waals surface area contributed by atoms with E-state index in [4.69, 9.17) is 0 Å². The number of anilines is 1. The van der Waals surface area contributed by atoms with Gasteiger partial charge in [0.05, 0.1) is 0 Å². The fourth-order valence-electron chi connectivity index (χ4n) is 4.26. The Morgan fingerprint density at radius 1 is 1.04 bits per heavy atom. The first-order valence-electron chi connectivity index (χ1n) is 10.2. The first kappa shape index (κ1) is 18.6. The Morgan fingerprint density at radius 3 is 2.40 bits per heavy atom. The Labute approximate surface area is 153 Å². The van der Waals surface area contributed by atoms with E-state index in [9.17, 15) is 0 Å². The van der Waals surface area contributed by atoms with Crippen molar-refractivity contribution in [1.82, 2.24) is 20.1 Å². The fourth-order valence-corrected chi connectivity index (χ4v) is 4.26. The average molecular weight is 346 g/mol. The molecule has 3 saturated heterocycles. The smallest absolute Gasteiger partial charge is 0.128 e. The van der Waals surface area contributed by atoms with Crippen molar-refractivity contribution in [2.75, 3.05) is 63.8 Å². The maximum absolute atomic E-state index is 4.44. The van der Waals surface area contributed by atoms with Crippen molar-refractivity contribution in [3.63, 3.8) is 0 Å². The summed E-state index contributed by atoms with van der Waals surface area (Å²) in [4.78, 5) is 12.3. The molecule has 0 aliphatic carbocycles. The summed E-state index contributed by atoms with van der Waals surface area (Å²) in [5, 5.41) is 3.47. The van der Waals surface area contributed by atoms with Crippen LogP contribution in [0, 0.1) is 5.92 Å². The van der Waals surface area contributed by atoms with Crippen LogP contribution in [-0.4, -0.2) is 79.7 Å². The summed E-state index contributed by atoms with van der Waals surface area (Å²) < 4.78 is 0. The van der Waals surface area contributed by atoms with Gasteiger partial charge < -0.3 is 15.1 Å². The van der Waals surface area contributed by atoms with E-state index >= 15 is 0 Å². The second-order valence-corrected chi connectivity index (χ2v) is 7.28. The van der Waals surface area contributed by atoms with Crippen molar-refractivity contribution in [2.24, 2.45) is 5.92 Å². The number of nitrogens with one attached hydrogen (secondary N) is 1. The molecule has 4 heterocycles. The van der Waals surface area contributed by atoms with Gasteiger partial charge in [0.1, 0.15) is 5.82 Å². The van der Waals surface area contributed by atoms with Crippen molar-refractivity contribution < 1.29 is 0 Å². The van der Waals surface area contributed by atoms with Crippen LogP contribution < -0.4 is 10.2 Å². The minimum absolute atomic E-state index is 0.822. The molecule has 0 amide bonds. The Bertz CT molecular complexity index is 474. The summed E-state index contributed by atoms with van der Waals surface area (Å²) in [6, 6.07) is 7.02. The molecule has 0 aromatic carbocycles. The van der Waals surface area contributed by atoms with Gasteiger partial charge >= 0.3 is 0 Å². The number of piperazine rings is 1. The number of aromatic nitrogens is 1. The molecule has 1 aromatic heterocycles. The van der Waals surface area contributed by atoms with Crippen LogP contribution in [0.25, 0.3) is 0 Å². The maximum Gasteiger partial charge on any atom is 0.128 e. The van der Waals surface area contributed by atoms with E-state index in [-0.39, 0.29) is 0 Å². The largest absolute Gasteiger partial charge is 0.356 e. The van der Waals surface area contributed by atoms with E-state index in [0.29, 0.717) is 0 Å². The van der Waals surface area contributed by atoms with Gasteiger partial charge in [0.25, 0.3) is 0 Å². The molecule has 3 aliphatic rings. The summed E-state index contributed by atoms with van der Waals surface area (Å²) >= 11 is 0. The monoisotopic (exact) mass is 345 g/mol. The molecule has 0 bridgehead atoms. The van der Waals surface area contributed by atoms with Gasteiger partial charge in [0.2, 0.25) is 0 Å². The number of hydrogen-bond donors (Lipinski definition) is 1. The molecule has 5 nitrogen and oxygen atoms in total. The molecule has 0 atom stereocenters. The van der Waals surface area contributed by atoms with Crippen LogP contribution in [0.15, 0.2) is 24.4 Å². The fraction of sp³-hybridized carbons (Fsp3) is 0.750. The SMILES string of the molecule is CC.c1ccc(N2CC(CN3CCN(C4CCNCC4)CC3)C2)nc1. The molecule has 0 spiro atoms. The lowest BCUT2D eigenvalue weighted by atomic mass is 9.98. The van der Waals surface area contributed by atoms with Crippen molar-refractivity contribution in [3.8, 4) is 0 Å². The lowest BCUT2D eigenvalue weighted by molar-refractivity contribution is 0.0707. The molecule has 0 unspecified atom stereocenters. The standard InChI is InChI=1S/C18H29N5.C2H6/c1-2-6-20-18(3-1)23-14-16(15-23)13-21-9-11-22(12-10-21)17-4-7-19-8-5-17;1-2/h1-3,6,16-17,19H,4-5,7-15H2;1-2H3. The zero-order chi connectivity index (χ0) is 17.5. The van der Waals surface area contributed by atoms with E-state index < -0.39 is 0 Å². The van der Waals surface area contributed by atoms with Crippen LogP contribution in [0.5, 0.6) is 0 Å². The third-order valence-electron chi connectivity index (χ3n) is 5.68. The summed E-state index contributed by atoms with van der Waals surface area (Å²) in [6.07, 6.45) is 4.56. The van der Waals surface area contributed by atoms with Crippen molar-refractivity contribution in [2.45, 2.75) is 32.7 Å². The van der Waals surface area contributed by atoms with Crippen molar-refractivity contribution in [3.05, 3.63) is 24.4 Å². The maximum atomic E-state index is 4.44. The molecule has 140 valence electrons. The molecule has 5 heteroatoms. The highest BCUT2D eigenvalue weighted by atomic mass is 15.3. The second-order valence-electron chi connectivity index (χ2n) is 7.28. The predicted octanol–water partition coefficient (Wildman–Crippen LogP) is 1.91. The second kappa shape index (κ2) is 9.51. The predicted molar refractivity (Wildman–Crippen MR) is 105 cm³/mol. The highest BCUT2D eigenvalue weighted by Gasteiger charge is 2.31.